The lowest BCUT2D eigenvalue weighted by molar-refractivity contribution is 0.622. The molecule has 0 atom stereocenters. The maximum absolute atomic E-state index is 13.4. The number of hydrogen-bond acceptors (Lipinski definition) is 2. The van der Waals surface area contributed by atoms with E-state index in [4.69, 9.17) is 29.6 Å². The molecule has 104 valence electrons. The Bertz CT molecular complexity index is 742. The maximum atomic E-state index is 13.4. The first kappa shape index (κ1) is 14.7. The van der Waals surface area contributed by atoms with Gasteiger partial charge in [-0.15, -0.1) is 0 Å². The van der Waals surface area contributed by atoms with Crippen LogP contribution in [0.5, 0.6) is 0 Å². The van der Waals surface area contributed by atoms with Crippen LogP contribution in [0, 0.1) is 12.7 Å². The molecule has 3 nitrogen and oxygen atoms in total. The van der Waals surface area contributed by atoms with Crippen LogP contribution < -0.4 is 11.3 Å². The van der Waals surface area contributed by atoms with Gasteiger partial charge in [-0.3, -0.25) is 4.79 Å². The summed E-state index contributed by atoms with van der Waals surface area (Å²) in [6, 6.07) is 7.79. The first-order valence-corrected chi connectivity index (χ1v) is 6.63. The van der Waals surface area contributed by atoms with E-state index in [-0.39, 0.29) is 27.7 Å². The Morgan fingerprint density at radius 1 is 1.40 bits per heavy atom. The zero-order valence-corrected chi connectivity index (χ0v) is 12.3. The van der Waals surface area contributed by atoms with Crippen LogP contribution in [0.2, 0.25) is 5.02 Å². The average molecular weight is 311 g/mol. The quantitative estimate of drug-likeness (QED) is 0.887. The minimum atomic E-state index is -0.514. The second-order valence-corrected chi connectivity index (χ2v) is 5.24. The maximum Gasteiger partial charge on any atom is 0.261 e. The van der Waals surface area contributed by atoms with Gasteiger partial charge in [-0.1, -0.05) is 29.9 Å². The van der Waals surface area contributed by atoms with E-state index in [9.17, 15) is 9.18 Å². The molecule has 2 aromatic rings. The fraction of sp³-hybridized carbons (Fsp3) is 0.143. The van der Waals surface area contributed by atoms with Gasteiger partial charge in [0.1, 0.15) is 10.8 Å². The molecule has 2 N–H and O–H groups in total. The predicted octanol–water partition coefficient (Wildman–Crippen LogP) is 2.63. The van der Waals surface area contributed by atoms with Crippen molar-refractivity contribution in [3.63, 3.8) is 0 Å². The van der Waals surface area contributed by atoms with E-state index in [0.717, 1.165) is 5.69 Å². The summed E-state index contributed by atoms with van der Waals surface area (Å²) in [6.07, 6.45) is 0. The first-order valence-electron chi connectivity index (χ1n) is 5.84. The summed E-state index contributed by atoms with van der Waals surface area (Å²) in [5, 5.41) is 0.0507. The van der Waals surface area contributed by atoms with Crippen molar-refractivity contribution in [1.29, 1.82) is 0 Å². The Morgan fingerprint density at radius 3 is 2.70 bits per heavy atom. The number of nitrogens with two attached hydrogens (primary N) is 1. The molecule has 0 aliphatic carbocycles. The summed E-state index contributed by atoms with van der Waals surface area (Å²) < 4.78 is 14.9. The molecule has 0 bridgehead atoms. The van der Waals surface area contributed by atoms with Crippen molar-refractivity contribution in [2.75, 3.05) is 0 Å². The summed E-state index contributed by atoms with van der Waals surface area (Å²) in [6.45, 7) is 2.02. The summed E-state index contributed by atoms with van der Waals surface area (Å²) in [7, 11) is 0. The molecule has 0 spiro atoms. The number of pyridine rings is 1. The normalized spacial score (nSPS) is 10.6. The summed E-state index contributed by atoms with van der Waals surface area (Å²) >= 11 is 10.5. The highest BCUT2D eigenvalue weighted by Gasteiger charge is 2.10. The number of halogens is 2. The van der Waals surface area contributed by atoms with E-state index in [2.05, 4.69) is 0 Å². The Kier molecular flexibility index (Phi) is 4.20. The standard InChI is InChI=1S/C14H12ClFN2OS/c1-8-2-4-10(13(17)20)14(19)18(8)7-9-3-5-11(15)12(16)6-9/h2-6H,7H2,1H3,(H2,17,20). The van der Waals surface area contributed by atoms with E-state index in [0.29, 0.717) is 5.56 Å². The van der Waals surface area contributed by atoms with Crippen LogP contribution in [0.3, 0.4) is 0 Å². The minimum absolute atomic E-state index is 0.0473. The number of aromatic nitrogens is 1. The largest absolute Gasteiger partial charge is 0.389 e. The third-order valence-electron chi connectivity index (χ3n) is 2.98. The second-order valence-electron chi connectivity index (χ2n) is 4.39. The van der Waals surface area contributed by atoms with Gasteiger partial charge < -0.3 is 10.3 Å². The van der Waals surface area contributed by atoms with Gasteiger partial charge in [-0.25, -0.2) is 4.39 Å². The minimum Gasteiger partial charge on any atom is -0.389 e. The fourth-order valence-corrected chi connectivity index (χ4v) is 2.15. The Hall–Kier alpha value is -1.72. The van der Waals surface area contributed by atoms with E-state index >= 15 is 0 Å². The second kappa shape index (κ2) is 5.73. The van der Waals surface area contributed by atoms with Crippen LogP contribution in [-0.4, -0.2) is 9.56 Å². The van der Waals surface area contributed by atoms with Gasteiger partial charge in [-0.05, 0) is 36.8 Å². The third kappa shape index (κ3) is 2.89. The molecule has 0 fully saturated rings. The van der Waals surface area contributed by atoms with Crippen molar-refractivity contribution in [3.8, 4) is 0 Å². The van der Waals surface area contributed by atoms with Gasteiger partial charge in [0.2, 0.25) is 0 Å². The lowest BCUT2D eigenvalue weighted by atomic mass is 10.2. The number of nitrogens with zero attached hydrogens (tertiary/aromatic N) is 1. The molecule has 0 aliphatic heterocycles. The Balaban J connectivity index is 2.48. The zero-order valence-electron chi connectivity index (χ0n) is 10.7. The average Bonchev–Trinajstić information content (AvgIpc) is 2.38. The topological polar surface area (TPSA) is 48.0 Å². The fourth-order valence-electron chi connectivity index (χ4n) is 1.88. The summed E-state index contributed by atoms with van der Waals surface area (Å²) in [4.78, 5) is 12.3. The molecule has 6 heteroatoms. The number of hydrogen-bond donors (Lipinski definition) is 1. The highest BCUT2D eigenvalue weighted by Crippen LogP contribution is 2.16. The van der Waals surface area contributed by atoms with Gasteiger partial charge in [-0.2, -0.15) is 0 Å². The van der Waals surface area contributed by atoms with Gasteiger partial charge in [0.15, 0.2) is 0 Å². The molecule has 0 radical (unpaired) electrons. The summed E-state index contributed by atoms with van der Waals surface area (Å²) in [5.74, 6) is -0.514. The van der Waals surface area contributed by atoms with Crippen molar-refractivity contribution in [3.05, 3.63) is 68.3 Å². The van der Waals surface area contributed by atoms with Crippen molar-refractivity contribution in [1.82, 2.24) is 4.57 Å². The molecular weight excluding hydrogens is 299 g/mol. The van der Waals surface area contributed by atoms with Crippen molar-refractivity contribution in [2.45, 2.75) is 13.5 Å². The van der Waals surface area contributed by atoms with Crippen LogP contribution in [0.25, 0.3) is 0 Å². The molecule has 0 saturated heterocycles. The van der Waals surface area contributed by atoms with Crippen LogP contribution in [0.1, 0.15) is 16.8 Å². The lowest BCUT2D eigenvalue weighted by Crippen LogP contribution is -2.30. The van der Waals surface area contributed by atoms with Gasteiger partial charge in [0, 0.05) is 5.69 Å². The third-order valence-corrected chi connectivity index (χ3v) is 3.51. The number of aryl methyl sites for hydroxylation is 1. The molecule has 0 saturated carbocycles. The van der Waals surface area contributed by atoms with Crippen molar-refractivity contribution in [2.24, 2.45) is 5.73 Å². The van der Waals surface area contributed by atoms with Crippen LogP contribution in [-0.2, 0) is 6.54 Å². The molecule has 1 heterocycles. The highest BCUT2D eigenvalue weighted by molar-refractivity contribution is 7.80. The number of benzene rings is 1. The monoisotopic (exact) mass is 310 g/mol. The van der Waals surface area contributed by atoms with Crippen molar-refractivity contribution >= 4 is 28.8 Å². The molecule has 0 amide bonds. The van der Waals surface area contributed by atoms with E-state index in [1.54, 1.807) is 25.1 Å². The van der Waals surface area contributed by atoms with E-state index in [1.165, 1.54) is 16.7 Å². The molecule has 2 rings (SSSR count). The zero-order chi connectivity index (χ0) is 14.9. The Labute approximate surface area is 125 Å². The van der Waals surface area contributed by atoms with Gasteiger partial charge >= 0.3 is 0 Å². The van der Waals surface area contributed by atoms with Crippen LogP contribution in [0.15, 0.2) is 35.1 Å². The molecule has 0 aliphatic rings. The molecule has 20 heavy (non-hydrogen) atoms. The van der Waals surface area contributed by atoms with E-state index in [1.807, 2.05) is 0 Å². The Morgan fingerprint density at radius 2 is 2.10 bits per heavy atom. The molecule has 1 aromatic carbocycles. The molecule has 0 unspecified atom stereocenters. The SMILES string of the molecule is Cc1ccc(C(N)=S)c(=O)n1Cc1ccc(Cl)c(F)c1. The predicted molar refractivity (Wildman–Crippen MR) is 81.8 cm³/mol. The smallest absolute Gasteiger partial charge is 0.261 e. The molecular formula is C14H12ClFN2OS. The number of thiocarbonyl (C=S) groups is 1. The summed E-state index contributed by atoms with van der Waals surface area (Å²) in [5.41, 5.74) is 6.88. The van der Waals surface area contributed by atoms with Gasteiger partial charge in [0.05, 0.1) is 17.1 Å². The van der Waals surface area contributed by atoms with Crippen LogP contribution >= 0.6 is 23.8 Å². The van der Waals surface area contributed by atoms with Crippen LogP contribution in [0.4, 0.5) is 4.39 Å². The van der Waals surface area contributed by atoms with E-state index < -0.39 is 5.82 Å². The first-order chi connectivity index (χ1) is 9.40. The highest BCUT2D eigenvalue weighted by atomic mass is 35.5. The molecule has 1 aromatic heterocycles. The number of rotatable bonds is 3. The van der Waals surface area contributed by atoms with Crippen molar-refractivity contribution < 1.29 is 4.39 Å². The lowest BCUT2D eigenvalue weighted by Gasteiger charge is -2.12. The van der Waals surface area contributed by atoms with Gasteiger partial charge in [0.25, 0.3) is 5.56 Å².